The lowest BCUT2D eigenvalue weighted by Crippen LogP contribution is -2.55. The Hall–Kier alpha value is -2.67. The number of hydroxylamine groups is 1. The van der Waals surface area contributed by atoms with E-state index in [0.29, 0.717) is 30.0 Å². The maximum absolute atomic E-state index is 12.7. The van der Waals surface area contributed by atoms with Crippen molar-refractivity contribution in [3.63, 3.8) is 0 Å². The van der Waals surface area contributed by atoms with Gasteiger partial charge >= 0.3 is 0 Å². The number of benzene rings is 1. The molecule has 0 bridgehead atoms. The topological polar surface area (TPSA) is 95.9 Å². The molecule has 1 aromatic rings. The Bertz CT molecular complexity index is 758. The Morgan fingerprint density at radius 3 is 2.92 bits per heavy atom. The Labute approximate surface area is 145 Å². The smallest absolute Gasteiger partial charge is 0.267 e. The normalized spacial score (nSPS) is 22.6. The Morgan fingerprint density at radius 1 is 1.40 bits per heavy atom. The maximum atomic E-state index is 12.7. The van der Waals surface area contributed by atoms with Gasteiger partial charge in [0.1, 0.15) is 11.4 Å². The van der Waals surface area contributed by atoms with E-state index < -0.39 is 11.5 Å². The summed E-state index contributed by atoms with van der Waals surface area (Å²) in [5.41, 5.74) is 1.98. The number of carbonyl (C=O) groups excluding carboxylic acids is 3. The molecule has 25 heavy (non-hydrogen) atoms. The number of Topliss-reactive ketones (excluding diaryl/α,β-unsaturated/α-hetero) is 1. The van der Waals surface area contributed by atoms with Crippen LogP contribution in [0, 0.1) is 0 Å². The molecule has 1 aromatic carbocycles. The third-order valence-corrected chi connectivity index (χ3v) is 4.64. The van der Waals surface area contributed by atoms with Gasteiger partial charge in [0.2, 0.25) is 5.91 Å². The van der Waals surface area contributed by atoms with Crippen LogP contribution in [-0.2, 0) is 9.59 Å². The van der Waals surface area contributed by atoms with Crippen molar-refractivity contribution in [3.05, 3.63) is 35.4 Å². The fourth-order valence-electron chi connectivity index (χ4n) is 3.42. The highest BCUT2D eigenvalue weighted by Gasteiger charge is 2.44. The van der Waals surface area contributed by atoms with Crippen LogP contribution in [0.25, 0.3) is 6.08 Å². The molecule has 0 saturated carbocycles. The number of ether oxygens (including phenoxy) is 1. The first kappa shape index (κ1) is 17.2. The van der Waals surface area contributed by atoms with Crippen LogP contribution in [0.5, 0.6) is 5.75 Å². The molecule has 132 valence electrons. The number of carbonyl (C=O) groups is 3. The number of hydrogen-bond donors (Lipinski definition) is 2. The number of amides is 2. The summed E-state index contributed by atoms with van der Waals surface area (Å²) >= 11 is 0. The summed E-state index contributed by atoms with van der Waals surface area (Å²) in [7, 11) is 0. The van der Waals surface area contributed by atoms with Crippen molar-refractivity contribution in [2.45, 2.75) is 31.8 Å². The van der Waals surface area contributed by atoms with Gasteiger partial charge in [0.05, 0.1) is 18.5 Å². The van der Waals surface area contributed by atoms with E-state index in [1.807, 2.05) is 0 Å². The van der Waals surface area contributed by atoms with E-state index in [4.69, 9.17) is 9.94 Å². The third-order valence-electron chi connectivity index (χ3n) is 4.64. The molecule has 2 amide bonds. The summed E-state index contributed by atoms with van der Waals surface area (Å²) in [6.45, 7) is 2.64. The largest absolute Gasteiger partial charge is 0.484 e. The summed E-state index contributed by atoms with van der Waals surface area (Å²) in [6.07, 6.45) is 4.44. The van der Waals surface area contributed by atoms with Crippen LogP contribution in [0.3, 0.4) is 0 Å². The fraction of sp³-hybridized carbons (Fsp3) is 0.389. The zero-order chi connectivity index (χ0) is 18.0. The van der Waals surface area contributed by atoms with E-state index in [2.05, 4.69) is 0 Å². The van der Waals surface area contributed by atoms with Crippen LogP contribution in [0.4, 0.5) is 0 Å². The second-order valence-corrected chi connectivity index (χ2v) is 6.49. The van der Waals surface area contributed by atoms with Crippen LogP contribution in [0.15, 0.2) is 24.3 Å². The first-order valence-electron chi connectivity index (χ1n) is 8.16. The van der Waals surface area contributed by atoms with Crippen LogP contribution in [-0.4, -0.2) is 46.4 Å². The molecule has 1 unspecified atom stereocenters. The Kier molecular flexibility index (Phi) is 4.59. The molecule has 2 N–H and O–H groups in total. The Morgan fingerprint density at radius 2 is 2.20 bits per heavy atom. The lowest BCUT2D eigenvalue weighted by atomic mass is 9.83. The quantitative estimate of drug-likeness (QED) is 0.482. The van der Waals surface area contributed by atoms with Gasteiger partial charge < -0.3 is 9.64 Å². The number of rotatable bonds is 2. The molecule has 7 nitrogen and oxygen atoms in total. The number of piperidine rings is 1. The van der Waals surface area contributed by atoms with Crippen LogP contribution in [0.1, 0.15) is 42.1 Å². The van der Waals surface area contributed by atoms with Gasteiger partial charge in [-0.1, -0.05) is 6.07 Å². The summed E-state index contributed by atoms with van der Waals surface area (Å²) in [6, 6.07) is 5.10. The van der Waals surface area contributed by atoms with Gasteiger partial charge in [-0.05, 0) is 36.6 Å². The number of ketones is 1. The fourth-order valence-corrected chi connectivity index (χ4v) is 3.42. The summed E-state index contributed by atoms with van der Waals surface area (Å²) in [5.74, 6) is -0.187. The van der Waals surface area contributed by atoms with Gasteiger partial charge in [-0.15, -0.1) is 0 Å². The van der Waals surface area contributed by atoms with E-state index in [0.717, 1.165) is 12.8 Å². The Balaban J connectivity index is 1.84. The monoisotopic (exact) mass is 344 g/mol. The SMILES string of the molecule is CC(=O)N1CCCC2(CC(=O)c3cc(/C=C/C(=O)NO)ccc3O2)C1. The van der Waals surface area contributed by atoms with Crippen molar-refractivity contribution in [1.82, 2.24) is 10.4 Å². The number of fused-ring (bicyclic) bond motifs is 1. The molecule has 1 fully saturated rings. The molecule has 1 spiro atoms. The van der Waals surface area contributed by atoms with E-state index in [9.17, 15) is 14.4 Å². The molecule has 3 rings (SSSR count). The van der Waals surface area contributed by atoms with Crippen molar-refractivity contribution in [2.75, 3.05) is 13.1 Å². The predicted octanol–water partition coefficient (Wildman–Crippen LogP) is 1.55. The average molecular weight is 344 g/mol. The second kappa shape index (κ2) is 6.68. The van der Waals surface area contributed by atoms with Crippen LogP contribution >= 0.6 is 0 Å². The van der Waals surface area contributed by atoms with E-state index in [-0.39, 0.29) is 18.1 Å². The highest BCUT2D eigenvalue weighted by atomic mass is 16.5. The molecule has 2 aliphatic rings. The molecular formula is C18H20N2O5. The lowest BCUT2D eigenvalue weighted by molar-refractivity contribution is -0.134. The number of nitrogens with one attached hydrogen (secondary N) is 1. The molecule has 0 radical (unpaired) electrons. The van der Waals surface area contributed by atoms with E-state index in [1.165, 1.54) is 24.6 Å². The highest BCUT2D eigenvalue weighted by molar-refractivity contribution is 6.01. The van der Waals surface area contributed by atoms with Crippen LogP contribution < -0.4 is 10.2 Å². The van der Waals surface area contributed by atoms with Gasteiger partial charge in [0, 0.05) is 19.5 Å². The van der Waals surface area contributed by atoms with E-state index in [1.54, 1.807) is 23.1 Å². The minimum Gasteiger partial charge on any atom is -0.484 e. The molecule has 0 aromatic heterocycles. The summed E-state index contributed by atoms with van der Waals surface area (Å²) in [5, 5.41) is 8.50. The number of hydrogen-bond acceptors (Lipinski definition) is 5. The molecule has 2 heterocycles. The molecule has 2 aliphatic heterocycles. The molecular weight excluding hydrogens is 324 g/mol. The lowest BCUT2D eigenvalue weighted by Gasteiger charge is -2.44. The zero-order valence-corrected chi connectivity index (χ0v) is 13.9. The standard InChI is InChI=1S/C18H20N2O5/c1-12(21)20-8-2-7-18(11-20)10-15(22)14-9-13(3-5-16(14)25-18)4-6-17(23)19-24/h3-6,9,24H,2,7-8,10-11H2,1H3,(H,19,23)/b6-4+. The van der Waals surface area contributed by atoms with Crippen molar-refractivity contribution >= 4 is 23.7 Å². The van der Waals surface area contributed by atoms with Crippen molar-refractivity contribution in [1.29, 1.82) is 0 Å². The number of likely N-dealkylation sites (tertiary alicyclic amines) is 1. The van der Waals surface area contributed by atoms with Gasteiger partial charge in [-0.3, -0.25) is 19.6 Å². The third kappa shape index (κ3) is 3.56. The minimum absolute atomic E-state index is 0.0106. The van der Waals surface area contributed by atoms with Crippen molar-refractivity contribution < 1.29 is 24.3 Å². The van der Waals surface area contributed by atoms with Crippen molar-refractivity contribution in [3.8, 4) is 5.75 Å². The van der Waals surface area contributed by atoms with Gasteiger partial charge in [0.25, 0.3) is 5.91 Å². The predicted molar refractivity (Wildman–Crippen MR) is 89.2 cm³/mol. The second-order valence-electron chi connectivity index (χ2n) is 6.49. The van der Waals surface area contributed by atoms with E-state index >= 15 is 0 Å². The van der Waals surface area contributed by atoms with Crippen LogP contribution in [0.2, 0.25) is 0 Å². The number of nitrogens with zero attached hydrogens (tertiary/aromatic N) is 1. The van der Waals surface area contributed by atoms with Gasteiger partial charge in [-0.25, -0.2) is 5.48 Å². The average Bonchev–Trinajstić information content (AvgIpc) is 2.59. The minimum atomic E-state index is -0.651. The molecule has 1 atom stereocenters. The van der Waals surface area contributed by atoms with Gasteiger partial charge in [-0.2, -0.15) is 0 Å². The first-order valence-corrected chi connectivity index (χ1v) is 8.16. The molecule has 0 aliphatic carbocycles. The molecule has 1 saturated heterocycles. The summed E-state index contributed by atoms with van der Waals surface area (Å²) < 4.78 is 6.15. The zero-order valence-electron chi connectivity index (χ0n) is 13.9. The van der Waals surface area contributed by atoms with Gasteiger partial charge in [0.15, 0.2) is 5.78 Å². The van der Waals surface area contributed by atoms with Crippen molar-refractivity contribution in [2.24, 2.45) is 0 Å². The molecule has 7 heteroatoms. The maximum Gasteiger partial charge on any atom is 0.267 e. The first-order chi connectivity index (χ1) is 11.9. The highest BCUT2D eigenvalue weighted by Crippen LogP contribution is 2.38. The summed E-state index contributed by atoms with van der Waals surface area (Å²) in [4.78, 5) is 37.1.